The number of aryl methyl sites for hydroxylation is 2. The molecule has 5 heteroatoms. The number of benzene rings is 1. The van der Waals surface area contributed by atoms with E-state index < -0.39 is 11.9 Å². The van der Waals surface area contributed by atoms with Crippen LogP contribution in [0.4, 0.5) is 0 Å². The fourth-order valence-electron chi connectivity index (χ4n) is 1.06. The lowest BCUT2D eigenvalue weighted by Gasteiger charge is -1.99. The first-order valence-corrected chi connectivity index (χ1v) is 5.19. The largest absolute Gasteiger partial charge is 0.473 e. The highest BCUT2D eigenvalue weighted by atomic mass is 16.4. The number of hydrogen-bond donors (Lipinski definition) is 3. The van der Waals surface area contributed by atoms with Gasteiger partial charge >= 0.3 is 11.9 Å². The van der Waals surface area contributed by atoms with E-state index in [0.29, 0.717) is 0 Å². The molecular formula is C12H17NO4. The van der Waals surface area contributed by atoms with Crippen LogP contribution in [0.15, 0.2) is 24.3 Å². The average molecular weight is 239 g/mol. The van der Waals surface area contributed by atoms with Crippen molar-refractivity contribution >= 4 is 11.9 Å². The first-order valence-electron chi connectivity index (χ1n) is 5.19. The third kappa shape index (κ3) is 7.98. The van der Waals surface area contributed by atoms with E-state index in [0.717, 1.165) is 19.4 Å². The molecule has 0 fully saturated rings. The maximum atomic E-state index is 9.10. The lowest BCUT2D eigenvalue weighted by Crippen LogP contribution is -2.09. The van der Waals surface area contributed by atoms with Gasteiger partial charge in [-0.3, -0.25) is 0 Å². The van der Waals surface area contributed by atoms with Crippen molar-refractivity contribution in [2.75, 3.05) is 6.54 Å². The average Bonchev–Trinajstić information content (AvgIpc) is 2.29. The second-order valence-corrected chi connectivity index (χ2v) is 3.49. The summed E-state index contributed by atoms with van der Waals surface area (Å²) in [6.07, 6.45) is 2.19. The van der Waals surface area contributed by atoms with Crippen LogP contribution in [0, 0.1) is 6.92 Å². The summed E-state index contributed by atoms with van der Waals surface area (Å²) in [4.78, 5) is 18.2. The van der Waals surface area contributed by atoms with Crippen LogP contribution in [0.2, 0.25) is 0 Å². The van der Waals surface area contributed by atoms with Gasteiger partial charge in [-0.15, -0.1) is 0 Å². The van der Waals surface area contributed by atoms with Crippen molar-refractivity contribution in [2.45, 2.75) is 19.8 Å². The molecule has 17 heavy (non-hydrogen) atoms. The Morgan fingerprint density at radius 3 is 1.94 bits per heavy atom. The quantitative estimate of drug-likeness (QED) is 0.684. The highest BCUT2D eigenvalue weighted by Crippen LogP contribution is 2.04. The van der Waals surface area contributed by atoms with Crippen LogP contribution in [0.1, 0.15) is 17.5 Å². The van der Waals surface area contributed by atoms with E-state index in [-0.39, 0.29) is 0 Å². The molecule has 1 rings (SSSR count). The second kappa shape index (κ2) is 8.29. The van der Waals surface area contributed by atoms with Crippen molar-refractivity contribution in [3.8, 4) is 0 Å². The molecule has 0 aliphatic heterocycles. The van der Waals surface area contributed by atoms with Crippen LogP contribution in [0.25, 0.3) is 0 Å². The molecule has 0 saturated heterocycles. The molecule has 0 bridgehead atoms. The van der Waals surface area contributed by atoms with E-state index in [2.05, 4.69) is 31.2 Å². The molecule has 0 heterocycles. The van der Waals surface area contributed by atoms with Crippen LogP contribution in [-0.4, -0.2) is 28.7 Å². The molecule has 0 aliphatic rings. The number of carboxylic acid groups (broad SMARTS) is 2. The predicted molar refractivity (Wildman–Crippen MR) is 63.8 cm³/mol. The Morgan fingerprint density at radius 1 is 1.12 bits per heavy atom. The molecule has 4 N–H and O–H groups in total. The molecule has 0 aromatic heterocycles. The van der Waals surface area contributed by atoms with Gasteiger partial charge in [-0.05, 0) is 31.9 Å². The normalized spacial score (nSPS) is 9.06. The third-order valence-electron chi connectivity index (χ3n) is 1.97. The molecule has 1 aromatic rings. The van der Waals surface area contributed by atoms with E-state index in [1.54, 1.807) is 0 Å². The van der Waals surface area contributed by atoms with E-state index in [9.17, 15) is 0 Å². The standard InChI is InChI=1S/C10H15N.C2H2O4/c1-9-4-6-10(7-5-9)3-2-8-11;3-1(4)2(5)6/h4-7H,2-3,8,11H2,1H3;(H,3,4)(H,5,6). The van der Waals surface area contributed by atoms with Gasteiger partial charge in [-0.2, -0.15) is 0 Å². The van der Waals surface area contributed by atoms with Crippen LogP contribution in [-0.2, 0) is 16.0 Å². The van der Waals surface area contributed by atoms with Gasteiger partial charge in [0.25, 0.3) is 0 Å². The molecule has 0 spiro atoms. The molecule has 5 nitrogen and oxygen atoms in total. The van der Waals surface area contributed by atoms with E-state index in [1.165, 1.54) is 11.1 Å². The van der Waals surface area contributed by atoms with Gasteiger partial charge in [-0.1, -0.05) is 29.8 Å². The lowest BCUT2D eigenvalue weighted by molar-refractivity contribution is -0.159. The highest BCUT2D eigenvalue weighted by Gasteiger charge is 2.04. The van der Waals surface area contributed by atoms with Crippen LogP contribution in [0.3, 0.4) is 0 Å². The Balaban J connectivity index is 0.000000366. The zero-order chi connectivity index (χ0) is 13.3. The van der Waals surface area contributed by atoms with Gasteiger partial charge in [0, 0.05) is 0 Å². The van der Waals surface area contributed by atoms with Crippen LogP contribution >= 0.6 is 0 Å². The van der Waals surface area contributed by atoms with Crippen LogP contribution < -0.4 is 5.73 Å². The van der Waals surface area contributed by atoms with E-state index in [4.69, 9.17) is 25.5 Å². The van der Waals surface area contributed by atoms with Crippen LogP contribution in [0.5, 0.6) is 0 Å². The Kier molecular flexibility index (Phi) is 7.38. The van der Waals surface area contributed by atoms with Crippen molar-refractivity contribution in [1.29, 1.82) is 0 Å². The number of carbonyl (C=O) groups is 2. The minimum atomic E-state index is -1.82. The fraction of sp³-hybridized carbons (Fsp3) is 0.333. The highest BCUT2D eigenvalue weighted by molar-refractivity contribution is 6.27. The summed E-state index contributed by atoms with van der Waals surface area (Å²) in [6, 6.07) is 8.63. The Labute approximate surface area is 99.9 Å². The SMILES string of the molecule is Cc1ccc(CCCN)cc1.O=C(O)C(=O)O. The summed E-state index contributed by atoms with van der Waals surface area (Å²) >= 11 is 0. The van der Waals surface area contributed by atoms with Crippen molar-refractivity contribution < 1.29 is 19.8 Å². The van der Waals surface area contributed by atoms with Crippen molar-refractivity contribution in [3.05, 3.63) is 35.4 Å². The number of carboxylic acids is 2. The van der Waals surface area contributed by atoms with Gasteiger partial charge < -0.3 is 15.9 Å². The number of nitrogens with two attached hydrogens (primary N) is 1. The minimum absolute atomic E-state index is 0.786. The first kappa shape index (κ1) is 15.1. The van der Waals surface area contributed by atoms with E-state index in [1.807, 2.05) is 0 Å². The molecule has 0 saturated carbocycles. The van der Waals surface area contributed by atoms with Gasteiger partial charge in [0.15, 0.2) is 0 Å². The van der Waals surface area contributed by atoms with E-state index >= 15 is 0 Å². The zero-order valence-electron chi connectivity index (χ0n) is 9.72. The fourth-order valence-corrected chi connectivity index (χ4v) is 1.06. The smallest absolute Gasteiger partial charge is 0.414 e. The summed E-state index contributed by atoms with van der Waals surface area (Å²) in [5.41, 5.74) is 8.12. The minimum Gasteiger partial charge on any atom is -0.473 e. The van der Waals surface area contributed by atoms with Gasteiger partial charge in [-0.25, -0.2) is 9.59 Å². The van der Waals surface area contributed by atoms with Crippen molar-refractivity contribution in [1.82, 2.24) is 0 Å². The topological polar surface area (TPSA) is 101 Å². The third-order valence-corrected chi connectivity index (χ3v) is 1.97. The van der Waals surface area contributed by atoms with Crippen molar-refractivity contribution in [2.24, 2.45) is 5.73 Å². The number of hydrogen-bond acceptors (Lipinski definition) is 3. The molecule has 0 amide bonds. The summed E-state index contributed by atoms with van der Waals surface area (Å²) in [5, 5.41) is 14.8. The Morgan fingerprint density at radius 2 is 1.59 bits per heavy atom. The summed E-state index contributed by atoms with van der Waals surface area (Å²) in [7, 11) is 0. The molecule has 1 aromatic carbocycles. The molecule has 94 valence electrons. The van der Waals surface area contributed by atoms with Gasteiger partial charge in [0.1, 0.15) is 0 Å². The first-order chi connectivity index (χ1) is 7.97. The Hall–Kier alpha value is -1.88. The maximum Gasteiger partial charge on any atom is 0.414 e. The predicted octanol–water partition coefficient (Wildman–Crippen LogP) is 1.04. The summed E-state index contributed by atoms with van der Waals surface area (Å²) in [6.45, 7) is 2.89. The molecule has 0 radical (unpaired) electrons. The monoisotopic (exact) mass is 239 g/mol. The lowest BCUT2D eigenvalue weighted by atomic mass is 10.1. The summed E-state index contributed by atoms with van der Waals surface area (Å²) in [5.74, 6) is -3.65. The molecule has 0 aliphatic carbocycles. The second-order valence-electron chi connectivity index (χ2n) is 3.49. The maximum absolute atomic E-state index is 9.10. The number of aliphatic carboxylic acids is 2. The molecular weight excluding hydrogens is 222 g/mol. The van der Waals surface area contributed by atoms with Gasteiger partial charge in [0.2, 0.25) is 0 Å². The van der Waals surface area contributed by atoms with Crippen molar-refractivity contribution in [3.63, 3.8) is 0 Å². The van der Waals surface area contributed by atoms with Gasteiger partial charge in [0.05, 0.1) is 0 Å². The molecule has 0 atom stereocenters. The Bertz CT molecular complexity index is 347. The molecule has 0 unspecified atom stereocenters. The number of rotatable bonds is 3. The summed E-state index contributed by atoms with van der Waals surface area (Å²) < 4.78 is 0. The zero-order valence-corrected chi connectivity index (χ0v) is 9.72.